The van der Waals surface area contributed by atoms with E-state index in [9.17, 15) is 4.79 Å². The van der Waals surface area contributed by atoms with Crippen LogP contribution in [0.25, 0.3) is 0 Å². The second kappa shape index (κ2) is 28.1. The molecule has 0 amide bonds. The Labute approximate surface area is 200 Å². The van der Waals surface area contributed by atoms with Crippen LogP contribution in [0, 0.1) is 36.0 Å². The first kappa shape index (κ1) is 35.7. The number of ether oxygens (including phenoxy) is 6. The Morgan fingerprint density at radius 1 is 0.697 bits per heavy atom. The van der Waals surface area contributed by atoms with Crippen LogP contribution in [0.1, 0.15) is 55.4 Å². The molecular weight excluding hydrogens is 428 g/mol. The molecule has 0 aromatic heterocycles. The number of carbonyl (C=O) groups excluding carboxylic acids is 1. The summed E-state index contributed by atoms with van der Waals surface area (Å²) in [6, 6.07) is 0. The van der Waals surface area contributed by atoms with E-state index < -0.39 is 25.0 Å². The van der Waals surface area contributed by atoms with Gasteiger partial charge >= 0.3 is 0 Å². The van der Waals surface area contributed by atoms with Crippen molar-refractivity contribution in [1.29, 1.82) is 0 Å². The molecule has 0 spiro atoms. The Kier molecular flexibility index (Phi) is 30.4. The number of hydrogen-bond donors (Lipinski definition) is 1. The number of carbonyl (C=O) groups is 1. The van der Waals surface area contributed by atoms with Crippen LogP contribution in [-0.4, -0.2) is 75.5 Å². The van der Waals surface area contributed by atoms with Gasteiger partial charge in [-0.2, -0.15) is 0 Å². The number of aliphatic hydroxyl groups excluding tert-OH is 1. The van der Waals surface area contributed by atoms with Crippen LogP contribution in [0.2, 0.25) is 0 Å². The average Bonchev–Trinajstić information content (AvgIpc) is 2.77. The summed E-state index contributed by atoms with van der Waals surface area (Å²) in [5, 5.41) is 8.85. The van der Waals surface area contributed by atoms with Crippen LogP contribution < -0.4 is 0 Å². The summed E-state index contributed by atoms with van der Waals surface area (Å²) in [7, 11) is 0. The first-order valence-electron chi connectivity index (χ1n) is 11.1. The molecule has 0 aliphatic rings. The molecular formula is C25H42O8. The van der Waals surface area contributed by atoms with E-state index in [0.29, 0.717) is 39.6 Å². The van der Waals surface area contributed by atoms with Crippen molar-refractivity contribution in [1.82, 2.24) is 0 Å². The van der Waals surface area contributed by atoms with Gasteiger partial charge in [-0.25, -0.2) is 0 Å². The molecule has 0 rings (SSSR count). The average molecular weight is 471 g/mol. The second-order valence-electron chi connectivity index (χ2n) is 5.68. The molecule has 8 heteroatoms. The van der Waals surface area contributed by atoms with Crippen molar-refractivity contribution in [2.24, 2.45) is 0 Å². The zero-order valence-corrected chi connectivity index (χ0v) is 21.4. The molecule has 0 saturated carbocycles. The molecule has 0 saturated heterocycles. The van der Waals surface area contributed by atoms with Gasteiger partial charge in [-0.05, 0) is 72.1 Å². The fourth-order valence-electron chi connectivity index (χ4n) is 1.66. The standard InChI is InChI=1S/C9H16O3.C9H14O3.C7H12O2/c2*1-4-11-9(12-5-2)7-6-8(3)10;1-4-7(8-5-2)9-6-3/h8-10H,4-5H2,1-3H3;9H,4-5H2,1-3H3;1,7H,5-6H2,2-3H3. The highest BCUT2D eigenvalue weighted by Gasteiger charge is 2.02. The van der Waals surface area contributed by atoms with Crippen LogP contribution in [0.3, 0.4) is 0 Å². The van der Waals surface area contributed by atoms with Crippen LogP contribution in [0.4, 0.5) is 0 Å². The zero-order valence-electron chi connectivity index (χ0n) is 21.4. The van der Waals surface area contributed by atoms with Crippen LogP contribution >= 0.6 is 0 Å². The maximum Gasteiger partial charge on any atom is 0.222 e. The normalized spacial score (nSPS) is 10.5. The van der Waals surface area contributed by atoms with Gasteiger partial charge in [-0.3, -0.25) is 4.79 Å². The summed E-state index contributed by atoms with van der Waals surface area (Å²) in [6.45, 7) is 17.5. The Morgan fingerprint density at radius 2 is 1.03 bits per heavy atom. The first-order chi connectivity index (χ1) is 15.7. The lowest BCUT2D eigenvalue weighted by Gasteiger charge is -2.09. The van der Waals surface area contributed by atoms with Gasteiger partial charge in [0.05, 0.1) is 0 Å². The second-order valence-corrected chi connectivity index (χ2v) is 5.68. The van der Waals surface area contributed by atoms with Crippen molar-refractivity contribution in [2.75, 3.05) is 39.6 Å². The number of ketones is 1. The predicted molar refractivity (Wildman–Crippen MR) is 128 cm³/mol. The number of rotatable bonds is 12. The third kappa shape index (κ3) is 30.1. The summed E-state index contributed by atoms with van der Waals surface area (Å²) in [5.74, 6) is 12.4. The number of terminal acetylenes is 1. The third-order valence-corrected chi connectivity index (χ3v) is 2.82. The van der Waals surface area contributed by atoms with E-state index in [1.54, 1.807) is 6.92 Å². The quantitative estimate of drug-likeness (QED) is 0.264. The lowest BCUT2D eigenvalue weighted by atomic mass is 10.4. The lowest BCUT2D eigenvalue weighted by molar-refractivity contribution is -0.112. The van der Waals surface area contributed by atoms with E-state index in [-0.39, 0.29) is 5.78 Å². The zero-order chi connectivity index (χ0) is 25.9. The van der Waals surface area contributed by atoms with Crippen LogP contribution in [0.15, 0.2) is 0 Å². The molecule has 0 aliphatic carbocycles. The number of hydrogen-bond acceptors (Lipinski definition) is 8. The van der Waals surface area contributed by atoms with Gasteiger partial charge in [0.1, 0.15) is 6.10 Å². The lowest BCUT2D eigenvalue weighted by Crippen LogP contribution is -2.15. The summed E-state index contributed by atoms with van der Waals surface area (Å²) in [6.07, 6.45) is 2.88. The Morgan fingerprint density at radius 3 is 1.30 bits per heavy atom. The summed E-state index contributed by atoms with van der Waals surface area (Å²) >= 11 is 0. The molecule has 0 aromatic carbocycles. The smallest absolute Gasteiger partial charge is 0.222 e. The Balaban J connectivity index is -0.000000414. The minimum Gasteiger partial charge on any atom is -0.381 e. The van der Waals surface area contributed by atoms with Crippen molar-refractivity contribution in [2.45, 2.75) is 80.4 Å². The number of Topliss-reactive ketones (excluding diaryl/α,β-unsaturated/α-hetero) is 1. The van der Waals surface area contributed by atoms with E-state index in [0.717, 1.165) is 0 Å². The van der Waals surface area contributed by atoms with Gasteiger partial charge < -0.3 is 33.5 Å². The molecule has 0 aliphatic heterocycles. The van der Waals surface area contributed by atoms with E-state index in [1.807, 2.05) is 41.5 Å². The first-order valence-corrected chi connectivity index (χ1v) is 11.1. The van der Waals surface area contributed by atoms with Gasteiger partial charge in [0.15, 0.2) is 0 Å². The molecule has 0 heterocycles. The van der Waals surface area contributed by atoms with Crippen LogP contribution in [0.5, 0.6) is 0 Å². The van der Waals surface area contributed by atoms with E-state index in [1.165, 1.54) is 6.92 Å². The largest absolute Gasteiger partial charge is 0.381 e. The van der Waals surface area contributed by atoms with Crippen molar-refractivity contribution < 1.29 is 38.3 Å². The Hall–Kier alpha value is -1.93. The minimum absolute atomic E-state index is 0.181. The fourth-order valence-corrected chi connectivity index (χ4v) is 1.66. The molecule has 0 radical (unpaired) electrons. The van der Waals surface area contributed by atoms with Gasteiger partial charge in [0.25, 0.3) is 0 Å². The third-order valence-electron chi connectivity index (χ3n) is 2.82. The molecule has 33 heavy (non-hydrogen) atoms. The predicted octanol–water partition coefficient (Wildman–Crippen LogP) is 2.77. The monoisotopic (exact) mass is 470 g/mol. The molecule has 8 nitrogen and oxygen atoms in total. The molecule has 0 fully saturated rings. The van der Waals surface area contributed by atoms with Crippen molar-refractivity contribution in [3.8, 4) is 36.0 Å². The van der Waals surface area contributed by atoms with Gasteiger partial charge in [-0.15, -0.1) is 6.42 Å². The Bertz CT molecular complexity index is 586. The highest BCUT2D eigenvalue weighted by Crippen LogP contribution is 1.93. The van der Waals surface area contributed by atoms with Crippen molar-refractivity contribution in [3.63, 3.8) is 0 Å². The summed E-state index contributed by atoms with van der Waals surface area (Å²) < 4.78 is 30.4. The van der Waals surface area contributed by atoms with Gasteiger partial charge in [0, 0.05) is 46.6 Å². The van der Waals surface area contributed by atoms with Crippen molar-refractivity contribution in [3.05, 3.63) is 0 Å². The highest BCUT2D eigenvalue weighted by molar-refractivity contribution is 5.93. The van der Waals surface area contributed by atoms with E-state index in [4.69, 9.17) is 40.0 Å². The molecule has 0 aromatic rings. The number of aliphatic hydroxyl groups is 1. The van der Waals surface area contributed by atoms with Gasteiger partial charge in [0.2, 0.25) is 24.7 Å². The molecule has 190 valence electrons. The van der Waals surface area contributed by atoms with Gasteiger partial charge in [-0.1, -0.05) is 5.92 Å². The maximum atomic E-state index is 10.5. The molecule has 1 N–H and O–H groups in total. The molecule has 1 unspecified atom stereocenters. The molecule has 1 atom stereocenters. The topological polar surface area (TPSA) is 92.7 Å². The summed E-state index contributed by atoms with van der Waals surface area (Å²) in [4.78, 5) is 10.5. The van der Waals surface area contributed by atoms with E-state index in [2.05, 4.69) is 29.6 Å². The maximum absolute atomic E-state index is 10.5. The molecule has 0 bridgehead atoms. The van der Waals surface area contributed by atoms with E-state index >= 15 is 0 Å². The SMILES string of the molecule is C#CC(OCC)OCC.CCOC(C#CC(C)=O)OCC.CCOC(C#CC(C)O)OCC. The summed E-state index contributed by atoms with van der Waals surface area (Å²) in [5.41, 5.74) is 0. The van der Waals surface area contributed by atoms with Crippen molar-refractivity contribution >= 4 is 5.78 Å². The highest BCUT2D eigenvalue weighted by atomic mass is 16.7. The fraction of sp³-hybridized carbons (Fsp3) is 0.720. The van der Waals surface area contributed by atoms with Crippen LogP contribution in [-0.2, 0) is 33.2 Å². The minimum atomic E-state index is -0.631.